The third-order valence-corrected chi connectivity index (χ3v) is 4.92. The second-order valence-corrected chi connectivity index (χ2v) is 6.64. The second-order valence-electron chi connectivity index (χ2n) is 5.78. The van der Waals surface area contributed by atoms with E-state index in [0.717, 1.165) is 29.2 Å². The predicted molar refractivity (Wildman–Crippen MR) is 93.9 cm³/mol. The van der Waals surface area contributed by atoms with Crippen LogP contribution < -0.4 is 5.32 Å². The van der Waals surface area contributed by atoms with Gasteiger partial charge in [0.2, 0.25) is 5.91 Å². The molecule has 0 spiro atoms. The number of hydrogen-bond donors (Lipinski definition) is 1. The molecule has 6 heteroatoms. The average Bonchev–Trinajstić information content (AvgIpc) is 3.24. The van der Waals surface area contributed by atoms with Crippen LogP contribution in [0.2, 0.25) is 0 Å². The fourth-order valence-electron chi connectivity index (χ4n) is 2.92. The van der Waals surface area contributed by atoms with Gasteiger partial charge in [-0.3, -0.25) is 4.79 Å². The minimum Gasteiger partial charge on any atom is -0.326 e. The first kappa shape index (κ1) is 15.0. The first-order valence-corrected chi connectivity index (χ1v) is 8.79. The number of benzene rings is 1. The molecule has 1 N–H and O–H groups in total. The third kappa shape index (κ3) is 3.19. The summed E-state index contributed by atoms with van der Waals surface area (Å²) in [5.41, 5.74) is 4.36. The van der Waals surface area contributed by atoms with Gasteiger partial charge < -0.3 is 5.32 Å². The van der Waals surface area contributed by atoms with Crippen molar-refractivity contribution in [2.45, 2.75) is 25.7 Å². The zero-order valence-corrected chi connectivity index (χ0v) is 13.8. The highest BCUT2D eigenvalue weighted by atomic mass is 32.1. The molecule has 5 nitrogen and oxygen atoms in total. The third-order valence-electron chi connectivity index (χ3n) is 4.03. The van der Waals surface area contributed by atoms with Gasteiger partial charge in [0.25, 0.3) is 0 Å². The van der Waals surface area contributed by atoms with E-state index in [1.807, 2.05) is 11.4 Å². The molecule has 0 fully saturated rings. The van der Waals surface area contributed by atoms with Crippen molar-refractivity contribution in [2.24, 2.45) is 0 Å². The molecule has 4 rings (SSSR count). The van der Waals surface area contributed by atoms with Crippen LogP contribution in [0, 0.1) is 0 Å². The van der Waals surface area contributed by atoms with Gasteiger partial charge in [-0.1, -0.05) is 6.07 Å². The van der Waals surface area contributed by atoms with Gasteiger partial charge in [-0.05, 0) is 48.6 Å². The summed E-state index contributed by atoms with van der Waals surface area (Å²) in [4.78, 5) is 25.1. The topological polar surface area (TPSA) is 67.8 Å². The van der Waals surface area contributed by atoms with Crippen LogP contribution in [0.5, 0.6) is 0 Å². The van der Waals surface area contributed by atoms with Crippen LogP contribution in [0.4, 0.5) is 5.69 Å². The Balaban J connectivity index is 1.42. The Hall–Kier alpha value is -2.60. The summed E-state index contributed by atoms with van der Waals surface area (Å²) in [6.07, 6.45) is 7.07. The van der Waals surface area contributed by atoms with Gasteiger partial charge in [0.15, 0.2) is 10.8 Å². The summed E-state index contributed by atoms with van der Waals surface area (Å²) < 4.78 is 0. The van der Waals surface area contributed by atoms with Crippen molar-refractivity contribution in [3.8, 4) is 10.8 Å². The van der Waals surface area contributed by atoms with E-state index in [0.29, 0.717) is 5.82 Å². The number of carbonyl (C=O) groups excluding carboxylic acids is 1. The van der Waals surface area contributed by atoms with E-state index in [1.54, 1.807) is 18.5 Å². The molecule has 1 aliphatic rings. The summed E-state index contributed by atoms with van der Waals surface area (Å²) in [7, 11) is 0. The van der Waals surface area contributed by atoms with E-state index in [1.165, 1.54) is 28.9 Å². The molecule has 1 amide bonds. The maximum Gasteiger partial charge on any atom is 0.230 e. The zero-order valence-electron chi connectivity index (χ0n) is 13.0. The fraction of sp³-hybridized carbons (Fsp3) is 0.222. The molecule has 24 heavy (non-hydrogen) atoms. The number of nitrogens with one attached hydrogen (secondary N) is 1. The molecular formula is C18H16N4OS. The molecule has 120 valence electrons. The Morgan fingerprint density at radius 1 is 1.17 bits per heavy atom. The monoisotopic (exact) mass is 336 g/mol. The summed E-state index contributed by atoms with van der Waals surface area (Å²) >= 11 is 1.45. The smallest absolute Gasteiger partial charge is 0.230 e. The Kier molecular flexibility index (Phi) is 4.04. The molecule has 2 aromatic heterocycles. The summed E-state index contributed by atoms with van der Waals surface area (Å²) in [6.45, 7) is 0. The van der Waals surface area contributed by atoms with Crippen molar-refractivity contribution in [1.29, 1.82) is 0 Å². The van der Waals surface area contributed by atoms with E-state index in [4.69, 9.17) is 0 Å². The standard InChI is InChI=1S/C18H16N4OS/c23-16(21-14-6-5-12-3-1-4-13(12)9-14)10-15-11-24-18(22-15)17-19-7-2-8-20-17/h2,5-9,11H,1,3-4,10H2,(H,21,23). The molecule has 0 saturated carbocycles. The largest absolute Gasteiger partial charge is 0.326 e. The summed E-state index contributed by atoms with van der Waals surface area (Å²) in [6, 6.07) is 7.95. The van der Waals surface area contributed by atoms with E-state index >= 15 is 0 Å². The number of thiazole rings is 1. The van der Waals surface area contributed by atoms with Gasteiger partial charge >= 0.3 is 0 Å². The van der Waals surface area contributed by atoms with Crippen molar-refractivity contribution in [1.82, 2.24) is 15.0 Å². The molecule has 0 unspecified atom stereocenters. The highest BCUT2D eigenvalue weighted by Gasteiger charge is 2.13. The van der Waals surface area contributed by atoms with Crippen LogP contribution >= 0.6 is 11.3 Å². The van der Waals surface area contributed by atoms with E-state index < -0.39 is 0 Å². The zero-order chi connectivity index (χ0) is 16.4. The molecule has 0 aliphatic heterocycles. The molecule has 1 aliphatic carbocycles. The molecule has 0 radical (unpaired) electrons. The van der Waals surface area contributed by atoms with Gasteiger partial charge in [0.05, 0.1) is 12.1 Å². The lowest BCUT2D eigenvalue weighted by Gasteiger charge is -2.06. The van der Waals surface area contributed by atoms with Crippen LogP contribution in [0.3, 0.4) is 0 Å². The van der Waals surface area contributed by atoms with Crippen LogP contribution in [0.1, 0.15) is 23.2 Å². The van der Waals surface area contributed by atoms with Crippen LogP contribution in [0.25, 0.3) is 10.8 Å². The molecule has 0 saturated heterocycles. The number of rotatable bonds is 4. The lowest BCUT2D eigenvalue weighted by molar-refractivity contribution is -0.115. The fourth-order valence-corrected chi connectivity index (χ4v) is 3.68. The highest BCUT2D eigenvalue weighted by Crippen LogP contribution is 2.25. The van der Waals surface area contributed by atoms with Gasteiger partial charge in [-0.2, -0.15) is 0 Å². The Bertz CT molecular complexity index is 876. The van der Waals surface area contributed by atoms with E-state index in [2.05, 4.69) is 32.4 Å². The van der Waals surface area contributed by atoms with Crippen molar-refractivity contribution < 1.29 is 4.79 Å². The Morgan fingerprint density at radius 3 is 2.88 bits per heavy atom. The Labute approximate surface area is 143 Å². The second kappa shape index (κ2) is 6.49. The molecule has 0 atom stereocenters. The lowest BCUT2D eigenvalue weighted by atomic mass is 10.1. The van der Waals surface area contributed by atoms with Gasteiger partial charge in [0, 0.05) is 23.5 Å². The first-order chi connectivity index (χ1) is 11.8. The number of aromatic nitrogens is 3. The number of fused-ring (bicyclic) bond motifs is 1. The molecule has 2 heterocycles. The number of nitrogens with zero attached hydrogens (tertiary/aromatic N) is 3. The van der Waals surface area contributed by atoms with Crippen LogP contribution in [-0.2, 0) is 24.1 Å². The minimum atomic E-state index is -0.0567. The molecule has 1 aromatic carbocycles. The molecular weight excluding hydrogens is 320 g/mol. The number of aryl methyl sites for hydroxylation is 2. The van der Waals surface area contributed by atoms with E-state index in [-0.39, 0.29) is 12.3 Å². The van der Waals surface area contributed by atoms with Crippen molar-refractivity contribution in [2.75, 3.05) is 5.32 Å². The number of hydrogen-bond acceptors (Lipinski definition) is 5. The number of anilines is 1. The van der Waals surface area contributed by atoms with Crippen molar-refractivity contribution in [3.05, 3.63) is 58.9 Å². The minimum absolute atomic E-state index is 0.0567. The van der Waals surface area contributed by atoms with Crippen molar-refractivity contribution >= 4 is 22.9 Å². The first-order valence-electron chi connectivity index (χ1n) is 7.91. The maximum absolute atomic E-state index is 12.3. The SMILES string of the molecule is O=C(Cc1csc(-c2ncccn2)n1)Nc1ccc2c(c1)CCC2. The molecule has 0 bridgehead atoms. The normalized spacial score (nSPS) is 12.8. The predicted octanol–water partition coefficient (Wildman–Crippen LogP) is 3.27. The van der Waals surface area contributed by atoms with Gasteiger partial charge in [-0.25, -0.2) is 15.0 Å². The van der Waals surface area contributed by atoms with Crippen LogP contribution in [-0.4, -0.2) is 20.9 Å². The number of amides is 1. The molecule has 3 aromatic rings. The Morgan fingerprint density at radius 2 is 2.00 bits per heavy atom. The van der Waals surface area contributed by atoms with E-state index in [9.17, 15) is 4.79 Å². The van der Waals surface area contributed by atoms with Gasteiger partial charge in [-0.15, -0.1) is 11.3 Å². The maximum atomic E-state index is 12.3. The van der Waals surface area contributed by atoms with Crippen molar-refractivity contribution in [3.63, 3.8) is 0 Å². The quantitative estimate of drug-likeness (QED) is 0.794. The van der Waals surface area contributed by atoms with Gasteiger partial charge in [0.1, 0.15) is 0 Å². The summed E-state index contributed by atoms with van der Waals surface area (Å²) in [5.74, 6) is 0.534. The van der Waals surface area contributed by atoms with Crippen LogP contribution in [0.15, 0.2) is 42.0 Å². The lowest BCUT2D eigenvalue weighted by Crippen LogP contribution is -2.14. The summed E-state index contributed by atoms with van der Waals surface area (Å²) in [5, 5.41) is 5.58. The average molecular weight is 336 g/mol. The number of carbonyl (C=O) groups is 1. The highest BCUT2D eigenvalue weighted by molar-refractivity contribution is 7.13.